The van der Waals surface area contributed by atoms with Crippen LogP contribution in [0.25, 0.3) is 0 Å². The van der Waals surface area contributed by atoms with Crippen molar-refractivity contribution in [2.24, 2.45) is 0 Å². The highest BCUT2D eigenvalue weighted by atomic mass is 16.5. The summed E-state index contributed by atoms with van der Waals surface area (Å²) in [4.78, 5) is 0. The largest absolute Gasteiger partial charge is 0.377 e. The van der Waals surface area contributed by atoms with E-state index in [2.05, 4.69) is 17.4 Å². The van der Waals surface area contributed by atoms with Gasteiger partial charge in [-0.25, -0.2) is 0 Å². The van der Waals surface area contributed by atoms with Crippen LogP contribution in [0.3, 0.4) is 0 Å². The summed E-state index contributed by atoms with van der Waals surface area (Å²) in [6.07, 6.45) is 3.10. The average Bonchev–Trinajstić information content (AvgIpc) is 2.72. The van der Waals surface area contributed by atoms with Crippen molar-refractivity contribution in [1.82, 2.24) is 10.5 Å². The first kappa shape index (κ1) is 9.68. The lowest BCUT2D eigenvalue weighted by atomic mass is 10.1. The maximum absolute atomic E-state index is 5.46. The lowest BCUT2D eigenvalue weighted by molar-refractivity contribution is 0.113. The summed E-state index contributed by atoms with van der Waals surface area (Å²) < 4.78 is 10.3. The Hall–Kier alpha value is -0.870. The zero-order valence-corrected chi connectivity index (χ0v) is 8.62. The van der Waals surface area contributed by atoms with Crippen molar-refractivity contribution in [2.75, 3.05) is 6.61 Å². The van der Waals surface area contributed by atoms with Crippen molar-refractivity contribution in [3.63, 3.8) is 0 Å². The maximum Gasteiger partial charge on any atom is 0.128 e. The first-order valence-corrected chi connectivity index (χ1v) is 5.02. The third kappa shape index (κ3) is 1.96. The molecule has 78 valence electrons. The molecule has 1 aliphatic rings. The van der Waals surface area contributed by atoms with E-state index in [1.165, 1.54) is 0 Å². The SMILES string of the molecule is Cc1nocc1CN[C@@H]1CCO[C@@H]1C. The van der Waals surface area contributed by atoms with Crippen molar-refractivity contribution in [1.29, 1.82) is 0 Å². The normalized spacial score (nSPS) is 27.0. The van der Waals surface area contributed by atoms with Crippen LogP contribution in [0, 0.1) is 6.92 Å². The van der Waals surface area contributed by atoms with Gasteiger partial charge in [0.2, 0.25) is 0 Å². The number of hydrogen-bond donors (Lipinski definition) is 1. The summed E-state index contributed by atoms with van der Waals surface area (Å²) in [7, 11) is 0. The third-order valence-electron chi connectivity index (χ3n) is 2.78. The molecule has 1 aromatic rings. The van der Waals surface area contributed by atoms with Gasteiger partial charge in [-0.15, -0.1) is 0 Å². The van der Waals surface area contributed by atoms with Crippen molar-refractivity contribution < 1.29 is 9.26 Å². The molecule has 0 bridgehead atoms. The summed E-state index contributed by atoms with van der Waals surface area (Å²) in [5.41, 5.74) is 2.09. The molecule has 4 nitrogen and oxygen atoms in total. The van der Waals surface area contributed by atoms with Gasteiger partial charge in [0.05, 0.1) is 11.8 Å². The molecule has 0 aliphatic carbocycles. The predicted octanol–water partition coefficient (Wildman–Crippen LogP) is 1.25. The molecule has 2 heterocycles. The number of aromatic nitrogens is 1. The highest BCUT2D eigenvalue weighted by molar-refractivity contribution is 5.12. The molecule has 2 rings (SSSR count). The molecule has 4 heteroatoms. The van der Waals surface area contributed by atoms with Crippen molar-refractivity contribution in [3.8, 4) is 0 Å². The van der Waals surface area contributed by atoms with E-state index in [-0.39, 0.29) is 0 Å². The van der Waals surface area contributed by atoms with Crippen LogP contribution < -0.4 is 5.32 Å². The zero-order chi connectivity index (χ0) is 9.97. The molecule has 1 aromatic heterocycles. The lowest BCUT2D eigenvalue weighted by Crippen LogP contribution is -2.34. The van der Waals surface area contributed by atoms with Gasteiger partial charge in [-0.2, -0.15) is 0 Å². The second-order valence-corrected chi connectivity index (χ2v) is 3.78. The molecule has 1 fully saturated rings. The third-order valence-corrected chi connectivity index (χ3v) is 2.78. The van der Waals surface area contributed by atoms with Crippen LogP contribution in [-0.2, 0) is 11.3 Å². The van der Waals surface area contributed by atoms with E-state index in [1.807, 2.05) is 6.92 Å². The fraction of sp³-hybridized carbons (Fsp3) is 0.700. The standard InChI is InChI=1S/C10H16N2O2/c1-7-9(6-14-12-7)5-11-10-3-4-13-8(10)2/h6,8,10-11H,3-5H2,1-2H3/t8-,10-/m1/s1. The van der Waals surface area contributed by atoms with E-state index in [9.17, 15) is 0 Å². The van der Waals surface area contributed by atoms with Crippen LogP contribution in [0.4, 0.5) is 0 Å². The van der Waals surface area contributed by atoms with Gasteiger partial charge >= 0.3 is 0 Å². The van der Waals surface area contributed by atoms with Crippen molar-refractivity contribution in [2.45, 2.75) is 39.0 Å². The molecule has 1 aliphatic heterocycles. The predicted molar refractivity (Wildman–Crippen MR) is 51.9 cm³/mol. The number of hydrogen-bond acceptors (Lipinski definition) is 4. The highest BCUT2D eigenvalue weighted by Crippen LogP contribution is 2.14. The molecule has 0 radical (unpaired) electrons. The molecule has 0 spiro atoms. The minimum atomic E-state index is 0.315. The zero-order valence-electron chi connectivity index (χ0n) is 8.62. The number of ether oxygens (including phenoxy) is 1. The Morgan fingerprint density at radius 3 is 3.07 bits per heavy atom. The van der Waals surface area contributed by atoms with Gasteiger partial charge in [-0.05, 0) is 20.3 Å². The number of aryl methyl sites for hydroxylation is 1. The Balaban J connectivity index is 1.85. The fourth-order valence-corrected chi connectivity index (χ4v) is 1.72. The van der Waals surface area contributed by atoms with Crippen LogP contribution >= 0.6 is 0 Å². The second-order valence-electron chi connectivity index (χ2n) is 3.78. The summed E-state index contributed by atoms with van der Waals surface area (Å²) in [5, 5.41) is 7.28. The molecule has 14 heavy (non-hydrogen) atoms. The topological polar surface area (TPSA) is 47.3 Å². The van der Waals surface area contributed by atoms with E-state index in [4.69, 9.17) is 9.26 Å². The Bertz CT molecular complexity index is 298. The van der Waals surface area contributed by atoms with Crippen LogP contribution in [0.1, 0.15) is 24.6 Å². The molecular formula is C10H16N2O2. The van der Waals surface area contributed by atoms with Gasteiger partial charge in [0.25, 0.3) is 0 Å². The van der Waals surface area contributed by atoms with Gasteiger partial charge in [-0.1, -0.05) is 5.16 Å². The summed E-state index contributed by atoms with van der Waals surface area (Å²) in [6.45, 7) is 5.73. The minimum absolute atomic E-state index is 0.315. The highest BCUT2D eigenvalue weighted by Gasteiger charge is 2.23. The molecule has 1 saturated heterocycles. The Kier molecular flexibility index (Phi) is 2.84. The van der Waals surface area contributed by atoms with Gasteiger partial charge in [0.15, 0.2) is 0 Å². The molecule has 1 N–H and O–H groups in total. The maximum atomic E-state index is 5.46. The lowest BCUT2D eigenvalue weighted by Gasteiger charge is -2.15. The second kappa shape index (κ2) is 4.11. The quantitative estimate of drug-likeness (QED) is 0.790. The monoisotopic (exact) mass is 196 g/mol. The first-order valence-electron chi connectivity index (χ1n) is 5.02. The number of nitrogens with zero attached hydrogens (tertiary/aromatic N) is 1. The molecule has 0 unspecified atom stereocenters. The average molecular weight is 196 g/mol. The van der Waals surface area contributed by atoms with E-state index in [0.717, 1.165) is 30.8 Å². The molecule has 0 saturated carbocycles. The first-order chi connectivity index (χ1) is 6.77. The van der Waals surface area contributed by atoms with Crippen LogP contribution in [-0.4, -0.2) is 23.9 Å². The van der Waals surface area contributed by atoms with E-state index in [0.29, 0.717) is 12.1 Å². The molecule has 0 amide bonds. The van der Waals surface area contributed by atoms with Gasteiger partial charge < -0.3 is 14.6 Å². The van der Waals surface area contributed by atoms with E-state index in [1.54, 1.807) is 6.26 Å². The molecule has 2 atom stereocenters. The van der Waals surface area contributed by atoms with E-state index >= 15 is 0 Å². The van der Waals surface area contributed by atoms with Crippen molar-refractivity contribution >= 4 is 0 Å². The number of nitrogens with one attached hydrogen (secondary N) is 1. The van der Waals surface area contributed by atoms with Crippen LogP contribution in [0.2, 0.25) is 0 Å². The van der Waals surface area contributed by atoms with E-state index < -0.39 is 0 Å². The van der Waals surface area contributed by atoms with Gasteiger partial charge in [-0.3, -0.25) is 0 Å². The molecular weight excluding hydrogens is 180 g/mol. The smallest absolute Gasteiger partial charge is 0.128 e. The summed E-state index contributed by atoms with van der Waals surface area (Å²) >= 11 is 0. The fourth-order valence-electron chi connectivity index (χ4n) is 1.72. The Morgan fingerprint density at radius 1 is 1.64 bits per heavy atom. The molecule has 0 aromatic carbocycles. The van der Waals surface area contributed by atoms with Crippen molar-refractivity contribution in [3.05, 3.63) is 17.5 Å². The van der Waals surface area contributed by atoms with Crippen LogP contribution in [0.5, 0.6) is 0 Å². The number of rotatable bonds is 3. The minimum Gasteiger partial charge on any atom is -0.377 e. The van der Waals surface area contributed by atoms with Crippen LogP contribution in [0.15, 0.2) is 10.8 Å². The summed E-state index contributed by atoms with van der Waals surface area (Å²) in [6, 6.07) is 0.462. The Labute approximate surface area is 83.6 Å². The Morgan fingerprint density at radius 2 is 2.50 bits per heavy atom. The van der Waals surface area contributed by atoms with Gasteiger partial charge in [0, 0.05) is 24.8 Å². The summed E-state index contributed by atoms with van der Waals surface area (Å²) in [5.74, 6) is 0. The van der Waals surface area contributed by atoms with Gasteiger partial charge in [0.1, 0.15) is 6.26 Å².